The van der Waals surface area contributed by atoms with Crippen LogP contribution in [0.5, 0.6) is 0 Å². The lowest BCUT2D eigenvalue weighted by atomic mass is 9.99. The SMILES string of the molecule is CCNC(C(=O)O)c1ccc(CC(C)C)cc1. The second kappa shape index (κ2) is 6.40. The first kappa shape index (κ1) is 13.7. The molecule has 1 rings (SSSR count). The van der Waals surface area contributed by atoms with Crippen molar-refractivity contribution in [2.24, 2.45) is 5.92 Å². The zero-order valence-electron chi connectivity index (χ0n) is 10.7. The molecule has 0 aromatic heterocycles. The van der Waals surface area contributed by atoms with Crippen molar-refractivity contribution in [2.45, 2.75) is 33.2 Å². The van der Waals surface area contributed by atoms with Gasteiger partial charge in [-0.2, -0.15) is 0 Å². The van der Waals surface area contributed by atoms with Gasteiger partial charge in [0.2, 0.25) is 0 Å². The summed E-state index contributed by atoms with van der Waals surface area (Å²) in [7, 11) is 0. The Kier molecular flexibility index (Phi) is 5.16. The standard InChI is InChI=1S/C14H21NO2/c1-4-15-13(14(16)17)12-7-5-11(6-8-12)9-10(2)3/h5-8,10,13,15H,4,9H2,1-3H3,(H,16,17). The molecule has 3 heteroatoms. The Morgan fingerprint density at radius 2 is 1.88 bits per heavy atom. The molecule has 0 heterocycles. The highest BCUT2D eigenvalue weighted by molar-refractivity contribution is 5.75. The van der Waals surface area contributed by atoms with Crippen LogP contribution in [0.25, 0.3) is 0 Å². The number of aliphatic carboxylic acids is 1. The summed E-state index contributed by atoms with van der Waals surface area (Å²) in [5, 5.41) is 12.1. The van der Waals surface area contributed by atoms with E-state index in [-0.39, 0.29) is 0 Å². The van der Waals surface area contributed by atoms with E-state index in [1.807, 2.05) is 31.2 Å². The van der Waals surface area contributed by atoms with Gasteiger partial charge in [0, 0.05) is 0 Å². The quantitative estimate of drug-likeness (QED) is 0.797. The van der Waals surface area contributed by atoms with Gasteiger partial charge in [-0.25, -0.2) is 0 Å². The molecule has 0 radical (unpaired) electrons. The Bertz CT molecular complexity index is 357. The maximum absolute atomic E-state index is 11.1. The smallest absolute Gasteiger partial charge is 0.325 e. The van der Waals surface area contributed by atoms with Gasteiger partial charge in [-0.15, -0.1) is 0 Å². The second-order valence-electron chi connectivity index (χ2n) is 4.67. The maximum atomic E-state index is 11.1. The summed E-state index contributed by atoms with van der Waals surface area (Å²) in [5.41, 5.74) is 2.07. The minimum Gasteiger partial charge on any atom is -0.480 e. The molecular weight excluding hydrogens is 214 g/mol. The molecule has 0 spiro atoms. The molecule has 0 fully saturated rings. The van der Waals surface area contributed by atoms with Crippen molar-refractivity contribution in [1.82, 2.24) is 5.32 Å². The van der Waals surface area contributed by atoms with Crippen LogP contribution in [0.4, 0.5) is 0 Å². The van der Waals surface area contributed by atoms with E-state index in [2.05, 4.69) is 19.2 Å². The van der Waals surface area contributed by atoms with E-state index in [9.17, 15) is 4.79 Å². The molecular formula is C14H21NO2. The molecule has 0 aliphatic carbocycles. The highest BCUT2D eigenvalue weighted by Crippen LogP contribution is 2.16. The predicted molar refractivity (Wildman–Crippen MR) is 69.0 cm³/mol. The van der Waals surface area contributed by atoms with Crippen molar-refractivity contribution >= 4 is 5.97 Å². The maximum Gasteiger partial charge on any atom is 0.325 e. The summed E-state index contributed by atoms with van der Waals surface area (Å²) >= 11 is 0. The highest BCUT2D eigenvalue weighted by atomic mass is 16.4. The molecule has 1 unspecified atom stereocenters. The fourth-order valence-electron chi connectivity index (χ4n) is 1.87. The van der Waals surface area contributed by atoms with Gasteiger partial charge in [-0.05, 0) is 30.0 Å². The predicted octanol–water partition coefficient (Wildman–Crippen LogP) is 2.62. The zero-order valence-corrected chi connectivity index (χ0v) is 10.7. The van der Waals surface area contributed by atoms with Gasteiger partial charge in [-0.1, -0.05) is 45.0 Å². The van der Waals surface area contributed by atoms with Crippen LogP contribution >= 0.6 is 0 Å². The Hall–Kier alpha value is -1.35. The Morgan fingerprint density at radius 1 is 1.29 bits per heavy atom. The first-order valence-electron chi connectivity index (χ1n) is 6.09. The molecule has 0 amide bonds. The molecule has 94 valence electrons. The number of carboxylic acid groups (broad SMARTS) is 1. The summed E-state index contributed by atoms with van der Waals surface area (Å²) in [4.78, 5) is 11.1. The Labute approximate surface area is 103 Å². The van der Waals surface area contributed by atoms with Crippen molar-refractivity contribution in [3.63, 3.8) is 0 Å². The van der Waals surface area contributed by atoms with Crippen LogP contribution in [0.1, 0.15) is 37.9 Å². The van der Waals surface area contributed by atoms with Crippen molar-refractivity contribution in [1.29, 1.82) is 0 Å². The Balaban J connectivity index is 2.80. The van der Waals surface area contributed by atoms with Gasteiger partial charge in [0.15, 0.2) is 0 Å². The first-order valence-corrected chi connectivity index (χ1v) is 6.09. The molecule has 1 aromatic rings. The number of likely N-dealkylation sites (N-methyl/N-ethyl adjacent to an activating group) is 1. The normalized spacial score (nSPS) is 12.7. The van der Waals surface area contributed by atoms with E-state index >= 15 is 0 Å². The summed E-state index contributed by atoms with van der Waals surface area (Å²) < 4.78 is 0. The molecule has 17 heavy (non-hydrogen) atoms. The van der Waals surface area contributed by atoms with Gasteiger partial charge in [0.25, 0.3) is 0 Å². The van der Waals surface area contributed by atoms with Crippen molar-refractivity contribution in [3.8, 4) is 0 Å². The van der Waals surface area contributed by atoms with Gasteiger partial charge >= 0.3 is 5.97 Å². The number of carboxylic acids is 1. The number of hydrogen-bond donors (Lipinski definition) is 2. The average molecular weight is 235 g/mol. The molecule has 0 saturated heterocycles. The third-order valence-electron chi connectivity index (χ3n) is 2.61. The third kappa shape index (κ3) is 4.19. The van der Waals surface area contributed by atoms with E-state index in [1.165, 1.54) is 5.56 Å². The van der Waals surface area contributed by atoms with E-state index in [0.29, 0.717) is 12.5 Å². The van der Waals surface area contributed by atoms with Crippen LogP contribution in [0.15, 0.2) is 24.3 Å². The Morgan fingerprint density at radius 3 is 2.29 bits per heavy atom. The molecule has 2 N–H and O–H groups in total. The van der Waals surface area contributed by atoms with Crippen LogP contribution in [-0.4, -0.2) is 17.6 Å². The van der Waals surface area contributed by atoms with E-state index < -0.39 is 12.0 Å². The van der Waals surface area contributed by atoms with Crippen LogP contribution in [-0.2, 0) is 11.2 Å². The van der Waals surface area contributed by atoms with E-state index in [4.69, 9.17) is 5.11 Å². The lowest BCUT2D eigenvalue weighted by molar-refractivity contribution is -0.139. The largest absolute Gasteiger partial charge is 0.480 e. The molecule has 0 aliphatic rings. The van der Waals surface area contributed by atoms with Gasteiger partial charge in [0.1, 0.15) is 6.04 Å². The first-order chi connectivity index (χ1) is 8.04. The lowest BCUT2D eigenvalue weighted by Crippen LogP contribution is -2.28. The number of rotatable bonds is 6. The van der Waals surface area contributed by atoms with E-state index in [0.717, 1.165) is 12.0 Å². The molecule has 1 atom stereocenters. The number of carbonyl (C=O) groups is 1. The molecule has 0 aliphatic heterocycles. The second-order valence-corrected chi connectivity index (χ2v) is 4.67. The summed E-state index contributed by atoms with van der Waals surface area (Å²) in [6.45, 7) is 6.90. The summed E-state index contributed by atoms with van der Waals surface area (Å²) in [6, 6.07) is 7.23. The van der Waals surface area contributed by atoms with Crippen molar-refractivity contribution in [3.05, 3.63) is 35.4 Å². The number of hydrogen-bond acceptors (Lipinski definition) is 2. The van der Waals surface area contributed by atoms with Gasteiger partial charge < -0.3 is 10.4 Å². The fraction of sp³-hybridized carbons (Fsp3) is 0.500. The molecule has 1 aromatic carbocycles. The van der Waals surface area contributed by atoms with Crippen LogP contribution < -0.4 is 5.32 Å². The molecule has 3 nitrogen and oxygen atoms in total. The van der Waals surface area contributed by atoms with Crippen molar-refractivity contribution < 1.29 is 9.90 Å². The fourth-order valence-corrected chi connectivity index (χ4v) is 1.87. The van der Waals surface area contributed by atoms with Gasteiger partial charge in [-0.3, -0.25) is 4.79 Å². The third-order valence-corrected chi connectivity index (χ3v) is 2.61. The lowest BCUT2D eigenvalue weighted by Gasteiger charge is -2.14. The highest BCUT2D eigenvalue weighted by Gasteiger charge is 2.17. The summed E-state index contributed by atoms with van der Waals surface area (Å²) in [5.74, 6) is -0.214. The monoisotopic (exact) mass is 235 g/mol. The minimum absolute atomic E-state index is 0.604. The molecule has 0 saturated carbocycles. The van der Waals surface area contributed by atoms with E-state index in [1.54, 1.807) is 0 Å². The van der Waals surface area contributed by atoms with Crippen LogP contribution in [0.3, 0.4) is 0 Å². The zero-order chi connectivity index (χ0) is 12.8. The van der Waals surface area contributed by atoms with Crippen LogP contribution in [0, 0.1) is 5.92 Å². The summed E-state index contributed by atoms with van der Waals surface area (Å²) in [6.07, 6.45) is 1.03. The number of benzene rings is 1. The minimum atomic E-state index is -0.830. The molecule has 0 bridgehead atoms. The topological polar surface area (TPSA) is 49.3 Å². The van der Waals surface area contributed by atoms with Crippen LogP contribution in [0.2, 0.25) is 0 Å². The van der Waals surface area contributed by atoms with Gasteiger partial charge in [0.05, 0.1) is 0 Å². The number of nitrogens with one attached hydrogen (secondary N) is 1. The van der Waals surface area contributed by atoms with Crippen molar-refractivity contribution in [2.75, 3.05) is 6.54 Å². The average Bonchev–Trinajstić information content (AvgIpc) is 2.26.